The summed E-state index contributed by atoms with van der Waals surface area (Å²) in [4.78, 5) is 19.6. The fourth-order valence-corrected chi connectivity index (χ4v) is 3.76. The number of thioether (sulfide) groups is 1. The number of guanidine groups is 1. The second kappa shape index (κ2) is 14.8. The molecule has 1 aliphatic rings. The molecule has 0 radical (unpaired) electrons. The van der Waals surface area contributed by atoms with E-state index in [1.165, 1.54) is 4.90 Å². The Morgan fingerprint density at radius 2 is 1.96 bits per heavy atom. The minimum Gasteiger partial charge on any atom is -0.450 e. The van der Waals surface area contributed by atoms with E-state index in [0.717, 1.165) is 57.2 Å². The van der Waals surface area contributed by atoms with Gasteiger partial charge in [0, 0.05) is 37.1 Å². The zero-order chi connectivity index (χ0) is 19.3. The minimum atomic E-state index is -0.201. The molecule has 6 nitrogen and oxygen atoms in total. The molecule has 0 aliphatic carbocycles. The molecule has 1 heterocycles. The summed E-state index contributed by atoms with van der Waals surface area (Å²) in [7, 11) is 0. The van der Waals surface area contributed by atoms with Gasteiger partial charge >= 0.3 is 6.09 Å². The van der Waals surface area contributed by atoms with Crippen molar-refractivity contribution in [3.8, 4) is 0 Å². The second-order valence-corrected chi connectivity index (χ2v) is 7.55. The van der Waals surface area contributed by atoms with Gasteiger partial charge in [0.05, 0.1) is 6.61 Å². The van der Waals surface area contributed by atoms with Crippen LogP contribution in [0.4, 0.5) is 4.79 Å². The van der Waals surface area contributed by atoms with Crippen molar-refractivity contribution in [1.82, 2.24) is 15.5 Å². The van der Waals surface area contributed by atoms with E-state index < -0.39 is 0 Å². The molecule has 1 aromatic carbocycles. The third kappa shape index (κ3) is 9.36. The number of halogens is 1. The first-order valence-electron chi connectivity index (χ1n) is 9.87. The van der Waals surface area contributed by atoms with E-state index in [0.29, 0.717) is 12.6 Å². The minimum absolute atomic E-state index is 0. The number of piperidine rings is 1. The first-order valence-corrected chi connectivity index (χ1v) is 10.9. The highest BCUT2D eigenvalue weighted by Gasteiger charge is 2.23. The Balaban J connectivity index is 0.00000392. The normalized spacial score (nSPS) is 14.9. The molecule has 8 heteroatoms. The number of carbonyl (C=O) groups excluding carboxylic acids is 1. The number of nitrogens with zero attached hydrogens (tertiary/aromatic N) is 2. The first-order chi connectivity index (χ1) is 13.2. The quantitative estimate of drug-likeness (QED) is 0.179. The maximum atomic E-state index is 11.8. The first kappa shape index (κ1) is 24.9. The number of hydrogen-bond donors (Lipinski definition) is 2. The highest BCUT2D eigenvalue weighted by atomic mass is 127. The van der Waals surface area contributed by atoms with E-state index in [1.807, 2.05) is 24.8 Å². The van der Waals surface area contributed by atoms with Crippen LogP contribution >= 0.6 is 35.7 Å². The number of ether oxygens (including phenoxy) is 1. The summed E-state index contributed by atoms with van der Waals surface area (Å²) in [6.45, 7) is 7.43. The predicted molar refractivity (Wildman–Crippen MR) is 128 cm³/mol. The summed E-state index contributed by atoms with van der Waals surface area (Å²) in [5.41, 5.74) is 0. The number of rotatable bonds is 8. The van der Waals surface area contributed by atoms with Crippen LogP contribution in [0.2, 0.25) is 0 Å². The van der Waals surface area contributed by atoms with Crippen molar-refractivity contribution in [2.45, 2.75) is 44.0 Å². The average molecular weight is 520 g/mol. The molecule has 1 amide bonds. The van der Waals surface area contributed by atoms with Crippen molar-refractivity contribution in [1.29, 1.82) is 0 Å². The summed E-state index contributed by atoms with van der Waals surface area (Å²) in [6.07, 6.45) is 2.66. The summed E-state index contributed by atoms with van der Waals surface area (Å²) >= 11 is 1.87. The lowest BCUT2D eigenvalue weighted by Crippen LogP contribution is -2.49. The van der Waals surface area contributed by atoms with E-state index in [4.69, 9.17) is 9.73 Å². The molecule has 1 aliphatic heterocycles. The van der Waals surface area contributed by atoms with Crippen LogP contribution in [0.5, 0.6) is 0 Å². The van der Waals surface area contributed by atoms with Gasteiger partial charge in [-0.3, -0.25) is 4.99 Å². The molecular formula is C20H33IN4O2S. The van der Waals surface area contributed by atoms with E-state index >= 15 is 0 Å². The fourth-order valence-electron chi connectivity index (χ4n) is 2.90. The summed E-state index contributed by atoms with van der Waals surface area (Å²) in [5, 5.41) is 6.83. The lowest BCUT2D eigenvalue weighted by Gasteiger charge is -2.32. The highest BCUT2D eigenvalue weighted by molar-refractivity contribution is 14.0. The van der Waals surface area contributed by atoms with Gasteiger partial charge in [0.1, 0.15) is 0 Å². The molecular weight excluding hydrogens is 487 g/mol. The molecule has 2 rings (SSSR count). The topological polar surface area (TPSA) is 66.0 Å². The number of hydrogen-bond acceptors (Lipinski definition) is 4. The van der Waals surface area contributed by atoms with Gasteiger partial charge < -0.3 is 20.3 Å². The number of carbonyl (C=O) groups is 1. The molecule has 0 spiro atoms. The maximum absolute atomic E-state index is 11.8. The van der Waals surface area contributed by atoms with Crippen molar-refractivity contribution < 1.29 is 9.53 Å². The largest absolute Gasteiger partial charge is 0.450 e. The zero-order valence-corrected chi connectivity index (χ0v) is 20.0. The fraction of sp³-hybridized carbons (Fsp3) is 0.600. The summed E-state index contributed by atoms with van der Waals surface area (Å²) in [6, 6.07) is 10.8. The van der Waals surface area contributed by atoms with Crippen molar-refractivity contribution in [3.05, 3.63) is 30.3 Å². The van der Waals surface area contributed by atoms with Crippen LogP contribution in [-0.2, 0) is 4.74 Å². The Morgan fingerprint density at radius 3 is 2.61 bits per heavy atom. The Hall–Kier alpha value is -1.16. The van der Waals surface area contributed by atoms with Crippen molar-refractivity contribution in [3.63, 3.8) is 0 Å². The molecule has 1 saturated heterocycles. The maximum Gasteiger partial charge on any atom is 0.409 e. The van der Waals surface area contributed by atoms with E-state index in [-0.39, 0.29) is 30.1 Å². The Morgan fingerprint density at radius 1 is 1.25 bits per heavy atom. The van der Waals surface area contributed by atoms with Crippen molar-refractivity contribution >= 4 is 47.8 Å². The standard InChI is InChI=1S/C20H32N4O2S.HI/c1-3-21-19(22-13-8-16-27-18-9-6-5-7-10-18)23-17-11-14-24(15-12-17)20(25)26-4-2;/h5-7,9-10,17H,3-4,8,11-16H2,1-2H3,(H2,21,22,23);1H. The number of likely N-dealkylation sites (tertiary alicyclic amines) is 1. The lowest BCUT2D eigenvalue weighted by atomic mass is 10.1. The van der Waals surface area contributed by atoms with Gasteiger partial charge in [-0.05, 0) is 51.0 Å². The molecule has 0 atom stereocenters. The van der Waals surface area contributed by atoms with Crippen LogP contribution in [0.15, 0.2) is 40.2 Å². The lowest BCUT2D eigenvalue weighted by molar-refractivity contribution is 0.0963. The molecule has 0 aromatic heterocycles. The van der Waals surface area contributed by atoms with Crippen LogP contribution in [0.1, 0.15) is 33.1 Å². The van der Waals surface area contributed by atoms with E-state index in [1.54, 1.807) is 4.90 Å². The molecule has 158 valence electrons. The Bertz CT molecular complexity index is 581. The van der Waals surface area contributed by atoms with Gasteiger partial charge in [-0.2, -0.15) is 0 Å². The molecule has 0 unspecified atom stereocenters. The molecule has 0 bridgehead atoms. The molecule has 1 fully saturated rings. The Labute approximate surface area is 190 Å². The van der Waals surface area contributed by atoms with Gasteiger partial charge in [0.25, 0.3) is 0 Å². The third-order valence-electron chi connectivity index (χ3n) is 4.29. The van der Waals surface area contributed by atoms with Crippen LogP contribution in [0.3, 0.4) is 0 Å². The summed E-state index contributed by atoms with van der Waals surface area (Å²) < 4.78 is 5.07. The SMILES string of the molecule is CCNC(=NCCCSc1ccccc1)NC1CCN(C(=O)OCC)CC1.I. The molecule has 28 heavy (non-hydrogen) atoms. The Kier molecular flexibility index (Phi) is 13.1. The predicted octanol–water partition coefficient (Wildman–Crippen LogP) is 3.96. The van der Waals surface area contributed by atoms with E-state index in [2.05, 4.69) is 41.8 Å². The summed E-state index contributed by atoms with van der Waals surface area (Å²) in [5.74, 6) is 1.93. The zero-order valence-electron chi connectivity index (χ0n) is 16.9. The van der Waals surface area contributed by atoms with Crippen LogP contribution in [-0.4, -0.2) is 61.5 Å². The number of benzene rings is 1. The smallest absolute Gasteiger partial charge is 0.409 e. The van der Waals surface area contributed by atoms with E-state index in [9.17, 15) is 4.79 Å². The van der Waals surface area contributed by atoms with Gasteiger partial charge in [0.15, 0.2) is 5.96 Å². The number of nitrogens with one attached hydrogen (secondary N) is 2. The third-order valence-corrected chi connectivity index (χ3v) is 5.39. The second-order valence-electron chi connectivity index (χ2n) is 6.38. The monoisotopic (exact) mass is 520 g/mol. The van der Waals surface area contributed by atoms with Gasteiger partial charge in [0.2, 0.25) is 0 Å². The van der Waals surface area contributed by atoms with Crippen molar-refractivity contribution in [2.75, 3.05) is 38.5 Å². The number of aliphatic imine (C=N–C) groups is 1. The highest BCUT2D eigenvalue weighted by Crippen LogP contribution is 2.17. The van der Waals surface area contributed by atoms with Crippen LogP contribution < -0.4 is 10.6 Å². The van der Waals surface area contributed by atoms with Crippen molar-refractivity contribution in [2.24, 2.45) is 4.99 Å². The van der Waals surface area contributed by atoms with Crippen LogP contribution in [0, 0.1) is 0 Å². The molecule has 2 N–H and O–H groups in total. The van der Waals surface area contributed by atoms with Gasteiger partial charge in [-0.25, -0.2) is 4.79 Å². The average Bonchev–Trinajstić information content (AvgIpc) is 2.69. The van der Waals surface area contributed by atoms with Gasteiger partial charge in [-0.15, -0.1) is 35.7 Å². The van der Waals surface area contributed by atoms with Crippen LogP contribution in [0.25, 0.3) is 0 Å². The van der Waals surface area contributed by atoms with Gasteiger partial charge in [-0.1, -0.05) is 18.2 Å². The molecule has 1 aromatic rings. The number of amides is 1. The molecule has 0 saturated carbocycles.